The average molecular weight is 244 g/mol. The summed E-state index contributed by atoms with van der Waals surface area (Å²) < 4.78 is 40.3. The zero-order valence-electron chi connectivity index (χ0n) is 8.91. The Balaban J connectivity index is 3.05. The van der Waals surface area contributed by atoms with Crippen LogP contribution in [0.2, 0.25) is 0 Å². The summed E-state index contributed by atoms with van der Waals surface area (Å²) >= 11 is 0. The molecule has 0 fully saturated rings. The zero-order valence-corrected chi connectivity index (χ0v) is 8.91. The number of allylic oxidation sites excluding steroid dienone is 1. The number of ether oxygens (including phenoxy) is 1. The number of benzene rings is 1. The second-order valence-electron chi connectivity index (χ2n) is 3.35. The first kappa shape index (κ1) is 13.3. The van der Waals surface area contributed by atoms with Crippen molar-refractivity contribution in [2.24, 2.45) is 0 Å². The van der Waals surface area contributed by atoms with E-state index in [2.05, 4.69) is 11.3 Å². The average Bonchev–Trinajstić information content (AvgIpc) is 2.25. The molecule has 17 heavy (non-hydrogen) atoms. The van der Waals surface area contributed by atoms with Crippen molar-refractivity contribution in [1.29, 1.82) is 0 Å². The van der Waals surface area contributed by atoms with E-state index in [0.717, 1.165) is 0 Å². The molecular weight excluding hydrogens is 233 g/mol. The normalized spacial score (nSPS) is 12.9. The molecule has 0 saturated carbocycles. The van der Waals surface area contributed by atoms with Crippen molar-refractivity contribution in [2.75, 3.05) is 0 Å². The van der Waals surface area contributed by atoms with E-state index in [9.17, 15) is 18.0 Å². The molecule has 0 aliphatic carbocycles. The van der Waals surface area contributed by atoms with Crippen LogP contribution >= 0.6 is 0 Å². The van der Waals surface area contributed by atoms with Crippen LogP contribution in [0.4, 0.5) is 13.2 Å². The van der Waals surface area contributed by atoms with Crippen LogP contribution in [0.5, 0.6) is 5.75 Å². The number of hydrogen-bond acceptors (Lipinski definition) is 2. The van der Waals surface area contributed by atoms with Crippen molar-refractivity contribution >= 4 is 6.29 Å². The number of carbonyl (C=O) groups excluding carboxylic acids is 1. The number of para-hydroxylation sites is 1. The smallest absolute Gasteiger partial charge is 0.405 e. The second-order valence-corrected chi connectivity index (χ2v) is 3.35. The summed E-state index contributed by atoms with van der Waals surface area (Å²) in [5.74, 6) is -1.02. The van der Waals surface area contributed by atoms with E-state index in [1.165, 1.54) is 24.3 Å². The third kappa shape index (κ3) is 3.94. The summed E-state index contributed by atoms with van der Waals surface area (Å²) in [5.41, 5.74) is 0.208. The fourth-order valence-electron chi connectivity index (χ4n) is 1.44. The summed E-state index contributed by atoms with van der Waals surface area (Å²) in [6.45, 7) is 3.46. The van der Waals surface area contributed by atoms with Gasteiger partial charge in [0.1, 0.15) is 12.0 Å². The molecule has 92 valence electrons. The fourth-order valence-corrected chi connectivity index (χ4v) is 1.44. The van der Waals surface area contributed by atoms with E-state index in [1.54, 1.807) is 6.07 Å². The third-order valence-corrected chi connectivity index (χ3v) is 2.13. The molecule has 1 aromatic carbocycles. The van der Waals surface area contributed by atoms with Gasteiger partial charge in [-0.15, -0.1) is 19.8 Å². The van der Waals surface area contributed by atoms with Gasteiger partial charge in [-0.2, -0.15) is 0 Å². The lowest BCUT2D eigenvalue weighted by atomic mass is 9.96. The molecule has 0 saturated heterocycles. The molecule has 1 unspecified atom stereocenters. The first-order valence-corrected chi connectivity index (χ1v) is 4.89. The molecule has 0 bridgehead atoms. The fraction of sp³-hybridized carbons (Fsp3) is 0.250. The quantitative estimate of drug-likeness (QED) is 0.585. The maximum atomic E-state index is 12.1. The molecule has 1 atom stereocenters. The number of alkyl halides is 3. The number of carbonyl (C=O) groups is 1. The molecule has 0 amide bonds. The van der Waals surface area contributed by atoms with Gasteiger partial charge in [0, 0.05) is 11.5 Å². The highest BCUT2D eigenvalue weighted by Gasteiger charge is 2.32. The van der Waals surface area contributed by atoms with E-state index in [1.807, 2.05) is 0 Å². The Labute approximate surface area is 96.7 Å². The summed E-state index contributed by atoms with van der Waals surface area (Å²) in [7, 11) is 0. The Morgan fingerprint density at radius 3 is 2.53 bits per heavy atom. The first-order chi connectivity index (χ1) is 7.98. The Kier molecular flexibility index (Phi) is 4.31. The Morgan fingerprint density at radius 2 is 2.00 bits per heavy atom. The highest BCUT2D eigenvalue weighted by molar-refractivity contribution is 5.64. The topological polar surface area (TPSA) is 26.3 Å². The molecule has 1 aromatic rings. The Morgan fingerprint density at radius 1 is 1.35 bits per heavy atom. The second kappa shape index (κ2) is 5.52. The molecule has 0 radical (unpaired) electrons. The van der Waals surface area contributed by atoms with Crippen LogP contribution in [-0.4, -0.2) is 12.6 Å². The summed E-state index contributed by atoms with van der Waals surface area (Å²) in [4.78, 5) is 10.8. The van der Waals surface area contributed by atoms with Gasteiger partial charge in [0.05, 0.1) is 0 Å². The first-order valence-electron chi connectivity index (χ1n) is 4.89. The number of hydrogen-bond donors (Lipinski definition) is 0. The summed E-state index contributed by atoms with van der Waals surface area (Å²) in [6, 6.07) is 5.59. The molecule has 0 spiro atoms. The molecule has 0 aliphatic heterocycles. The van der Waals surface area contributed by atoms with Crippen molar-refractivity contribution in [3.63, 3.8) is 0 Å². The SMILES string of the molecule is C=CCC(C=O)c1ccccc1OC(F)(F)F. The predicted octanol–water partition coefficient (Wildman–Crippen LogP) is 3.44. The van der Waals surface area contributed by atoms with Crippen LogP contribution < -0.4 is 4.74 Å². The maximum absolute atomic E-state index is 12.1. The van der Waals surface area contributed by atoms with Crippen LogP contribution in [0.25, 0.3) is 0 Å². The van der Waals surface area contributed by atoms with Crippen molar-refractivity contribution in [1.82, 2.24) is 0 Å². The largest absolute Gasteiger partial charge is 0.573 e. The third-order valence-electron chi connectivity index (χ3n) is 2.13. The van der Waals surface area contributed by atoms with Crippen molar-refractivity contribution in [3.05, 3.63) is 42.5 Å². The van der Waals surface area contributed by atoms with Gasteiger partial charge in [-0.1, -0.05) is 24.3 Å². The van der Waals surface area contributed by atoms with Gasteiger partial charge in [0.2, 0.25) is 0 Å². The Hall–Kier alpha value is -1.78. The lowest BCUT2D eigenvalue weighted by Gasteiger charge is -2.15. The molecule has 5 heteroatoms. The van der Waals surface area contributed by atoms with Gasteiger partial charge in [-0.05, 0) is 12.5 Å². The molecular formula is C12H11F3O2. The van der Waals surface area contributed by atoms with E-state index < -0.39 is 12.3 Å². The van der Waals surface area contributed by atoms with Crippen LogP contribution in [0.1, 0.15) is 17.9 Å². The van der Waals surface area contributed by atoms with Crippen LogP contribution in [0, 0.1) is 0 Å². The monoisotopic (exact) mass is 244 g/mol. The number of halogens is 3. The summed E-state index contributed by atoms with van der Waals surface area (Å²) in [5, 5.41) is 0. The minimum absolute atomic E-state index is 0.208. The van der Waals surface area contributed by atoms with E-state index in [-0.39, 0.29) is 17.7 Å². The number of rotatable bonds is 5. The van der Waals surface area contributed by atoms with Gasteiger partial charge in [-0.3, -0.25) is 0 Å². The molecule has 1 rings (SSSR count). The van der Waals surface area contributed by atoms with Crippen LogP contribution in [0.3, 0.4) is 0 Å². The van der Waals surface area contributed by atoms with Crippen LogP contribution in [-0.2, 0) is 4.79 Å². The maximum Gasteiger partial charge on any atom is 0.573 e. The van der Waals surface area contributed by atoms with E-state index in [0.29, 0.717) is 6.29 Å². The molecule has 2 nitrogen and oxygen atoms in total. The molecule has 0 aliphatic rings. The van der Waals surface area contributed by atoms with Crippen molar-refractivity contribution in [2.45, 2.75) is 18.7 Å². The molecule has 0 aromatic heterocycles. The number of aldehydes is 1. The van der Waals surface area contributed by atoms with Crippen LogP contribution in [0.15, 0.2) is 36.9 Å². The zero-order chi connectivity index (χ0) is 12.9. The minimum atomic E-state index is -4.77. The predicted molar refractivity (Wildman–Crippen MR) is 56.7 cm³/mol. The van der Waals surface area contributed by atoms with Gasteiger partial charge >= 0.3 is 6.36 Å². The van der Waals surface area contributed by atoms with E-state index in [4.69, 9.17) is 0 Å². The van der Waals surface area contributed by atoms with Crippen molar-refractivity contribution < 1.29 is 22.7 Å². The highest BCUT2D eigenvalue weighted by atomic mass is 19.4. The van der Waals surface area contributed by atoms with Crippen molar-refractivity contribution in [3.8, 4) is 5.75 Å². The molecule has 0 N–H and O–H groups in total. The minimum Gasteiger partial charge on any atom is -0.405 e. The van der Waals surface area contributed by atoms with E-state index >= 15 is 0 Å². The van der Waals surface area contributed by atoms with Gasteiger partial charge < -0.3 is 9.53 Å². The lowest BCUT2D eigenvalue weighted by Crippen LogP contribution is -2.18. The lowest BCUT2D eigenvalue weighted by molar-refractivity contribution is -0.275. The molecule has 0 heterocycles. The van der Waals surface area contributed by atoms with Gasteiger partial charge in [0.25, 0.3) is 0 Å². The summed E-state index contributed by atoms with van der Waals surface area (Å²) in [6.07, 6.45) is -2.44. The highest BCUT2D eigenvalue weighted by Crippen LogP contribution is 2.31. The van der Waals surface area contributed by atoms with Gasteiger partial charge in [0.15, 0.2) is 0 Å². The standard InChI is InChI=1S/C12H11F3O2/c1-2-5-9(8-16)10-6-3-4-7-11(10)17-12(13,14)15/h2-4,6-9H,1,5H2. The van der Waals surface area contributed by atoms with Gasteiger partial charge in [-0.25, -0.2) is 0 Å². The Bertz CT molecular complexity index is 399.